The summed E-state index contributed by atoms with van der Waals surface area (Å²) in [5.41, 5.74) is 0.880. The third-order valence-corrected chi connectivity index (χ3v) is 4.48. The van der Waals surface area contributed by atoms with Gasteiger partial charge in [-0.3, -0.25) is 14.9 Å². The van der Waals surface area contributed by atoms with Gasteiger partial charge in [-0.25, -0.2) is 4.79 Å². The molecule has 1 atom stereocenters. The Morgan fingerprint density at radius 2 is 1.54 bits per heavy atom. The highest BCUT2D eigenvalue weighted by Crippen LogP contribution is 2.26. The zero-order valence-electron chi connectivity index (χ0n) is 14.4. The van der Waals surface area contributed by atoms with Gasteiger partial charge < -0.3 is 4.74 Å². The number of rotatable bonds is 6. The smallest absolute Gasteiger partial charge is 0.339 e. The molecule has 0 saturated heterocycles. The topological polar surface area (TPSA) is 86.5 Å². The highest BCUT2D eigenvalue weighted by Gasteiger charge is 2.27. The number of ketones is 1. The van der Waals surface area contributed by atoms with Crippen LogP contribution in [0.5, 0.6) is 0 Å². The molecule has 0 saturated carbocycles. The van der Waals surface area contributed by atoms with Crippen molar-refractivity contribution in [2.24, 2.45) is 0 Å². The lowest BCUT2D eigenvalue weighted by molar-refractivity contribution is -0.384. The van der Waals surface area contributed by atoms with Crippen molar-refractivity contribution in [2.75, 3.05) is 0 Å². The number of ether oxygens (including phenoxy) is 1. The Bertz CT molecular complexity index is 1020. The first-order valence-electron chi connectivity index (χ1n) is 8.26. The molecule has 0 aromatic heterocycles. The summed E-state index contributed by atoms with van der Waals surface area (Å²) in [5.74, 6) is -1.09. The predicted molar refractivity (Wildman–Crippen MR) is 106 cm³/mol. The second kappa shape index (κ2) is 8.58. The number of carbonyl (C=O) groups is 2. The minimum atomic E-state index is -1.23. The van der Waals surface area contributed by atoms with Crippen LogP contribution >= 0.6 is 15.9 Å². The Kier molecular flexibility index (Phi) is 5.96. The van der Waals surface area contributed by atoms with Crippen molar-refractivity contribution >= 4 is 33.4 Å². The molecule has 0 heterocycles. The zero-order chi connectivity index (χ0) is 20.1. The lowest BCUT2D eigenvalue weighted by atomic mass is 9.99. The van der Waals surface area contributed by atoms with Crippen LogP contribution in [0.25, 0.3) is 0 Å². The van der Waals surface area contributed by atoms with E-state index in [1.54, 1.807) is 54.6 Å². The number of carbonyl (C=O) groups excluding carboxylic acids is 2. The van der Waals surface area contributed by atoms with Crippen LogP contribution in [0.4, 0.5) is 5.69 Å². The number of non-ortho nitro benzene ring substituents is 1. The summed E-state index contributed by atoms with van der Waals surface area (Å²) in [7, 11) is 0. The number of Topliss-reactive ketones (excluding diaryl/α,β-unsaturated/α-hetero) is 1. The molecule has 140 valence electrons. The standard InChI is InChI=1S/C21H14BrNO5/c22-17-8-4-7-16(13-17)21(25)28-20(19(24)14-5-2-1-3-6-14)15-9-11-18(12-10-15)23(26)27/h1-13,20H/t20-/m0/s1. The number of hydrogen-bond acceptors (Lipinski definition) is 5. The van der Waals surface area contributed by atoms with Gasteiger partial charge in [0.25, 0.3) is 5.69 Å². The van der Waals surface area contributed by atoms with Gasteiger partial charge in [0, 0.05) is 27.7 Å². The maximum absolute atomic E-state index is 13.0. The van der Waals surface area contributed by atoms with Crippen molar-refractivity contribution in [3.8, 4) is 0 Å². The van der Waals surface area contributed by atoms with Crippen molar-refractivity contribution in [1.29, 1.82) is 0 Å². The van der Waals surface area contributed by atoms with E-state index in [1.165, 1.54) is 24.3 Å². The van der Waals surface area contributed by atoms with Gasteiger partial charge in [-0.2, -0.15) is 0 Å². The lowest BCUT2D eigenvalue weighted by Crippen LogP contribution is -2.20. The van der Waals surface area contributed by atoms with E-state index >= 15 is 0 Å². The van der Waals surface area contributed by atoms with E-state index in [0.29, 0.717) is 15.6 Å². The van der Waals surface area contributed by atoms with E-state index in [1.807, 2.05) is 0 Å². The molecule has 3 rings (SSSR count). The number of nitro groups is 1. The minimum absolute atomic E-state index is 0.118. The van der Waals surface area contributed by atoms with Crippen LogP contribution in [-0.2, 0) is 4.74 Å². The Balaban J connectivity index is 1.95. The molecular weight excluding hydrogens is 426 g/mol. The van der Waals surface area contributed by atoms with Crippen molar-refractivity contribution in [1.82, 2.24) is 0 Å². The van der Waals surface area contributed by atoms with Gasteiger partial charge in [-0.15, -0.1) is 0 Å². The molecule has 3 aromatic carbocycles. The first-order valence-corrected chi connectivity index (χ1v) is 9.05. The molecule has 0 unspecified atom stereocenters. The van der Waals surface area contributed by atoms with E-state index in [0.717, 1.165) is 0 Å². The molecule has 0 aliphatic rings. The van der Waals surface area contributed by atoms with Crippen molar-refractivity contribution in [3.05, 3.63) is 110 Å². The van der Waals surface area contributed by atoms with E-state index in [2.05, 4.69) is 15.9 Å². The third kappa shape index (κ3) is 4.50. The largest absolute Gasteiger partial charge is 0.445 e. The predicted octanol–water partition coefficient (Wildman–Crippen LogP) is 5.14. The average molecular weight is 440 g/mol. The SMILES string of the molecule is O=C(O[C@H](C(=O)c1ccccc1)c1ccc([N+](=O)[O-])cc1)c1cccc(Br)c1. The monoisotopic (exact) mass is 439 g/mol. The van der Waals surface area contributed by atoms with E-state index in [9.17, 15) is 19.7 Å². The van der Waals surface area contributed by atoms with Crippen LogP contribution < -0.4 is 0 Å². The quantitative estimate of drug-likeness (QED) is 0.229. The second-order valence-corrected chi connectivity index (χ2v) is 6.79. The van der Waals surface area contributed by atoms with Gasteiger partial charge in [0.1, 0.15) is 0 Å². The molecule has 0 N–H and O–H groups in total. The maximum atomic E-state index is 13.0. The number of nitro benzene ring substituents is 1. The Morgan fingerprint density at radius 1 is 0.893 bits per heavy atom. The van der Waals surface area contributed by atoms with Crippen LogP contribution in [0.3, 0.4) is 0 Å². The molecule has 0 spiro atoms. The number of halogens is 1. The number of esters is 1. The first kappa shape index (κ1) is 19.4. The molecular formula is C21H14BrNO5. The average Bonchev–Trinajstić information content (AvgIpc) is 2.72. The van der Waals surface area contributed by atoms with Crippen molar-refractivity contribution < 1.29 is 19.2 Å². The van der Waals surface area contributed by atoms with E-state index in [4.69, 9.17) is 4.74 Å². The molecule has 6 nitrogen and oxygen atoms in total. The second-order valence-electron chi connectivity index (χ2n) is 5.87. The fraction of sp³-hybridized carbons (Fsp3) is 0.0476. The fourth-order valence-electron chi connectivity index (χ4n) is 2.59. The molecule has 0 amide bonds. The summed E-state index contributed by atoms with van der Waals surface area (Å²) in [6, 6.07) is 20.4. The summed E-state index contributed by atoms with van der Waals surface area (Å²) in [5, 5.41) is 10.9. The minimum Gasteiger partial charge on any atom is -0.445 e. The van der Waals surface area contributed by atoms with Crippen LogP contribution in [0.2, 0.25) is 0 Å². The Labute approximate surface area is 169 Å². The van der Waals surface area contributed by atoms with Gasteiger partial charge in [0.2, 0.25) is 5.78 Å². The van der Waals surface area contributed by atoms with Crippen LogP contribution in [0, 0.1) is 10.1 Å². The molecule has 0 fully saturated rings. The summed E-state index contributed by atoms with van der Waals surface area (Å²) in [6.07, 6.45) is -1.23. The van der Waals surface area contributed by atoms with Gasteiger partial charge in [0.05, 0.1) is 10.5 Å². The molecule has 0 aliphatic carbocycles. The molecule has 3 aromatic rings. The van der Waals surface area contributed by atoms with Gasteiger partial charge in [0.15, 0.2) is 6.10 Å². The van der Waals surface area contributed by atoms with E-state index < -0.39 is 22.8 Å². The highest BCUT2D eigenvalue weighted by molar-refractivity contribution is 9.10. The molecule has 7 heteroatoms. The Morgan fingerprint density at radius 3 is 2.14 bits per heavy atom. The molecule has 0 aliphatic heterocycles. The first-order chi connectivity index (χ1) is 13.5. The molecule has 0 radical (unpaired) electrons. The van der Waals surface area contributed by atoms with Gasteiger partial charge >= 0.3 is 5.97 Å². The summed E-state index contributed by atoms with van der Waals surface area (Å²) >= 11 is 3.29. The Hall–Kier alpha value is -3.32. The summed E-state index contributed by atoms with van der Waals surface area (Å²) in [4.78, 5) is 35.9. The van der Waals surface area contributed by atoms with Crippen LogP contribution in [0.1, 0.15) is 32.4 Å². The zero-order valence-corrected chi connectivity index (χ0v) is 16.0. The van der Waals surface area contributed by atoms with Crippen molar-refractivity contribution in [2.45, 2.75) is 6.10 Å². The van der Waals surface area contributed by atoms with Crippen molar-refractivity contribution in [3.63, 3.8) is 0 Å². The lowest BCUT2D eigenvalue weighted by Gasteiger charge is -2.17. The summed E-state index contributed by atoms with van der Waals surface area (Å²) < 4.78 is 6.21. The normalized spacial score (nSPS) is 11.5. The molecule has 28 heavy (non-hydrogen) atoms. The fourth-order valence-corrected chi connectivity index (χ4v) is 2.99. The highest BCUT2D eigenvalue weighted by atomic mass is 79.9. The number of benzene rings is 3. The van der Waals surface area contributed by atoms with Gasteiger partial charge in [-0.05, 0) is 30.3 Å². The van der Waals surface area contributed by atoms with Crippen LogP contribution in [0.15, 0.2) is 83.3 Å². The number of hydrogen-bond donors (Lipinski definition) is 0. The van der Waals surface area contributed by atoms with Crippen LogP contribution in [-0.4, -0.2) is 16.7 Å². The maximum Gasteiger partial charge on any atom is 0.339 e. The van der Waals surface area contributed by atoms with Gasteiger partial charge in [-0.1, -0.05) is 52.3 Å². The number of nitrogens with zero attached hydrogens (tertiary/aromatic N) is 1. The van der Waals surface area contributed by atoms with E-state index in [-0.39, 0.29) is 11.3 Å². The third-order valence-electron chi connectivity index (χ3n) is 3.99. The molecule has 0 bridgehead atoms. The summed E-state index contributed by atoms with van der Waals surface area (Å²) in [6.45, 7) is 0.